The largest absolute Gasteiger partial charge is 0.462 e. The fourth-order valence-electron chi connectivity index (χ4n) is 7.67. The smallest absolute Gasteiger partial charge is 0.306 e. The molecule has 1 unspecified atom stereocenters. The molecule has 0 rings (SSSR count). The zero-order valence-corrected chi connectivity index (χ0v) is 50.8. The first-order valence-electron chi connectivity index (χ1n) is 31.4. The fourth-order valence-corrected chi connectivity index (χ4v) is 7.67. The molecule has 0 amide bonds. The van der Waals surface area contributed by atoms with Crippen molar-refractivity contribution in [2.45, 2.75) is 239 Å². The van der Waals surface area contributed by atoms with Gasteiger partial charge in [0, 0.05) is 19.3 Å². The first-order chi connectivity index (χ1) is 39.5. The summed E-state index contributed by atoms with van der Waals surface area (Å²) in [5.74, 6) is -1.02. The lowest BCUT2D eigenvalue weighted by molar-refractivity contribution is -0.167. The van der Waals surface area contributed by atoms with E-state index in [1.54, 1.807) is 0 Å². The van der Waals surface area contributed by atoms with Crippen LogP contribution in [0.4, 0.5) is 0 Å². The van der Waals surface area contributed by atoms with Gasteiger partial charge in [0.05, 0.1) is 0 Å². The number of hydrogen-bond acceptors (Lipinski definition) is 6. The highest BCUT2D eigenvalue weighted by atomic mass is 16.6. The van der Waals surface area contributed by atoms with Gasteiger partial charge in [-0.1, -0.05) is 247 Å². The Kier molecular flexibility index (Phi) is 61.0. The molecule has 0 radical (unpaired) electrons. The van der Waals surface area contributed by atoms with Gasteiger partial charge in [-0.25, -0.2) is 0 Å². The lowest BCUT2D eigenvalue weighted by atomic mass is 10.1. The van der Waals surface area contributed by atoms with Gasteiger partial charge < -0.3 is 14.2 Å². The predicted molar refractivity (Wildman–Crippen MR) is 347 cm³/mol. The highest BCUT2D eigenvalue weighted by molar-refractivity contribution is 5.71. The number of ether oxygens (including phenoxy) is 3. The normalized spacial score (nSPS) is 13.5. The molecular formula is C74H112O6. The van der Waals surface area contributed by atoms with Gasteiger partial charge in [-0.05, 0) is 161 Å². The molecule has 444 valence electrons. The second kappa shape index (κ2) is 65.8. The molecule has 0 heterocycles. The van der Waals surface area contributed by atoms with Crippen LogP contribution in [0.2, 0.25) is 0 Å². The highest BCUT2D eigenvalue weighted by Crippen LogP contribution is 2.12. The van der Waals surface area contributed by atoms with Crippen LogP contribution in [0.3, 0.4) is 0 Å². The third-order valence-corrected chi connectivity index (χ3v) is 12.3. The maximum atomic E-state index is 12.9. The van der Waals surface area contributed by atoms with Crippen LogP contribution in [-0.4, -0.2) is 37.2 Å². The monoisotopic (exact) mass is 1100 g/mol. The van der Waals surface area contributed by atoms with Crippen molar-refractivity contribution >= 4 is 17.9 Å². The summed E-state index contributed by atoms with van der Waals surface area (Å²) in [6, 6.07) is 0. The molecule has 80 heavy (non-hydrogen) atoms. The van der Waals surface area contributed by atoms with Gasteiger partial charge in [-0.15, -0.1) is 0 Å². The summed E-state index contributed by atoms with van der Waals surface area (Å²) in [5.41, 5.74) is 0. The summed E-state index contributed by atoms with van der Waals surface area (Å²) in [7, 11) is 0. The molecule has 0 aliphatic heterocycles. The SMILES string of the molecule is CC/C=C\C/C=C\C/C=C\C/C=C\C/C=C\C/C=C\C/C=C\C/C=C\C/C=C\C/C=C\CCCCC(=O)OCC(COC(=O)CCCCCCC/C=C\CCC)OC(=O)CCCCC/C=C\C/C=C\C/C=C\C/C=C\C/C=C\CC. The molecule has 0 aromatic carbocycles. The van der Waals surface area contributed by atoms with Crippen molar-refractivity contribution in [1.29, 1.82) is 0 Å². The van der Waals surface area contributed by atoms with Gasteiger partial charge in [0.25, 0.3) is 0 Å². The van der Waals surface area contributed by atoms with Gasteiger partial charge in [-0.2, -0.15) is 0 Å². The lowest BCUT2D eigenvalue weighted by Crippen LogP contribution is -2.30. The van der Waals surface area contributed by atoms with Crippen LogP contribution >= 0.6 is 0 Å². The van der Waals surface area contributed by atoms with E-state index in [9.17, 15) is 14.4 Å². The minimum atomic E-state index is -0.828. The molecule has 0 N–H and O–H groups in total. The molecule has 0 aromatic rings. The Morgan fingerprint density at radius 1 is 0.263 bits per heavy atom. The predicted octanol–water partition coefficient (Wildman–Crippen LogP) is 21.8. The van der Waals surface area contributed by atoms with E-state index in [-0.39, 0.29) is 44.0 Å². The highest BCUT2D eigenvalue weighted by Gasteiger charge is 2.19. The van der Waals surface area contributed by atoms with Crippen LogP contribution in [0.5, 0.6) is 0 Å². The summed E-state index contributed by atoms with van der Waals surface area (Å²) < 4.78 is 16.8. The molecule has 1 atom stereocenters. The Labute approximate surface area is 490 Å². The molecule has 0 saturated heterocycles. The number of carbonyl (C=O) groups is 3. The van der Waals surface area contributed by atoms with Crippen LogP contribution in [-0.2, 0) is 28.6 Å². The van der Waals surface area contributed by atoms with Crippen molar-refractivity contribution in [3.05, 3.63) is 194 Å². The van der Waals surface area contributed by atoms with Crippen molar-refractivity contribution in [3.63, 3.8) is 0 Å². The second-order valence-electron chi connectivity index (χ2n) is 19.8. The molecule has 0 bridgehead atoms. The van der Waals surface area contributed by atoms with Crippen LogP contribution in [0.1, 0.15) is 233 Å². The number of allylic oxidation sites excluding steroid dienone is 32. The third kappa shape index (κ3) is 63.1. The molecular weight excluding hydrogens is 985 g/mol. The zero-order valence-electron chi connectivity index (χ0n) is 50.8. The van der Waals surface area contributed by atoms with Gasteiger partial charge in [0.15, 0.2) is 6.10 Å². The van der Waals surface area contributed by atoms with E-state index in [1.165, 1.54) is 12.8 Å². The van der Waals surface area contributed by atoms with Gasteiger partial charge in [0.2, 0.25) is 0 Å². The Bertz CT molecular complexity index is 1930. The first kappa shape index (κ1) is 74.2. The van der Waals surface area contributed by atoms with Gasteiger partial charge in [0.1, 0.15) is 13.2 Å². The minimum absolute atomic E-state index is 0.120. The average molecular weight is 1100 g/mol. The van der Waals surface area contributed by atoms with E-state index in [2.05, 4.69) is 215 Å². The summed E-state index contributed by atoms with van der Waals surface area (Å²) in [4.78, 5) is 38.2. The van der Waals surface area contributed by atoms with Gasteiger partial charge in [-0.3, -0.25) is 14.4 Å². The summed E-state index contributed by atoms with van der Waals surface area (Å²) in [5, 5.41) is 0. The number of hydrogen-bond donors (Lipinski definition) is 0. The Hall–Kier alpha value is -5.75. The lowest BCUT2D eigenvalue weighted by Gasteiger charge is -2.18. The van der Waals surface area contributed by atoms with E-state index >= 15 is 0 Å². The molecule has 0 fully saturated rings. The molecule has 6 heteroatoms. The molecule has 0 aromatic heterocycles. The first-order valence-corrected chi connectivity index (χ1v) is 31.4. The van der Waals surface area contributed by atoms with Crippen molar-refractivity contribution in [3.8, 4) is 0 Å². The Balaban J connectivity index is 4.42. The quantitative estimate of drug-likeness (QED) is 0.0261. The number of carbonyl (C=O) groups excluding carboxylic acids is 3. The molecule has 0 aliphatic carbocycles. The summed E-state index contributed by atoms with van der Waals surface area (Å²) >= 11 is 0. The third-order valence-electron chi connectivity index (χ3n) is 12.3. The van der Waals surface area contributed by atoms with Crippen molar-refractivity contribution in [1.82, 2.24) is 0 Å². The van der Waals surface area contributed by atoms with Crippen LogP contribution in [0.25, 0.3) is 0 Å². The van der Waals surface area contributed by atoms with Crippen LogP contribution < -0.4 is 0 Å². The number of rotatable bonds is 54. The number of esters is 3. The maximum absolute atomic E-state index is 12.9. The van der Waals surface area contributed by atoms with Crippen molar-refractivity contribution in [2.24, 2.45) is 0 Å². The van der Waals surface area contributed by atoms with Crippen molar-refractivity contribution < 1.29 is 28.6 Å². The van der Waals surface area contributed by atoms with E-state index < -0.39 is 6.10 Å². The Morgan fingerprint density at radius 2 is 0.487 bits per heavy atom. The molecule has 0 aliphatic rings. The molecule has 6 nitrogen and oxygen atoms in total. The minimum Gasteiger partial charge on any atom is -0.462 e. The fraction of sp³-hybridized carbons (Fsp3) is 0.527. The van der Waals surface area contributed by atoms with E-state index in [4.69, 9.17) is 14.2 Å². The van der Waals surface area contributed by atoms with Crippen molar-refractivity contribution in [2.75, 3.05) is 13.2 Å². The molecule has 0 saturated carbocycles. The van der Waals surface area contributed by atoms with Crippen LogP contribution in [0, 0.1) is 0 Å². The summed E-state index contributed by atoms with van der Waals surface area (Å²) in [6.07, 6.45) is 100. The van der Waals surface area contributed by atoms with Crippen LogP contribution in [0.15, 0.2) is 194 Å². The molecule has 0 spiro atoms. The average Bonchev–Trinajstić information content (AvgIpc) is 3.46. The standard InChI is InChI=1S/C74H112O6/c1-4-7-10-13-16-19-22-24-26-28-30-31-32-33-34-35-36-37-38-39-40-41-42-43-45-46-48-50-52-55-58-61-64-67-73(76)79-70-71(69-78-72(75)66-63-60-57-54-21-18-15-12-9-6-3)80-74(77)68-65-62-59-56-53-51-49-47-44-29-27-25-23-20-17-14-11-8-5-2/h7-8,10-12,15-17,19-20,24-27,30-31,33-34,36-37,39-40,42-44,46-48,51-53,55,71H,4-6,9,13-14,18,21-23,28-29,32,35,38,41,45,49-50,54,56-70H2,1-3H3/b10-7-,11-8-,15-12-,19-16-,20-17-,26-24-,27-25-,31-30-,34-33-,37-36-,40-39-,43-42-,47-44-,48-46-,53-51-,55-52-. The summed E-state index contributed by atoms with van der Waals surface area (Å²) in [6.45, 7) is 6.25. The number of unbranched alkanes of at least 4 members (excludes halogenated alkanes) is 11. The van der Waals surface area contributed by atoms with Gasteiger partial charge >= 0.3 is 17.9 Å². The second-order valence-corrected chi connectivity index (χ2v) is 19.8. The zero-order chi connectivity index (χ0) is 57.8. The van der Waals surface area contributed by atoms with E-state index in [0.29, 0.717) is 19.3 Å². The Morgan fingerprint density at radius 3 is 0.812 bits per heavy atom. The van der Waals surface area contributed by atoms with E-state index in [0.717, 1.165) is 167 Å². The maximum Gasteiger partial charge on any atom is 0.306 e. The topological polar surface area (TPSA) is 78.9 Å². The van der Waals surface area contributed by atoms with E-state index in [1.807, 2.05) is 0 Å².